The monoisotopic (exact) mass is 413 g/mol. The zero-order chi connectivity index (χ0) is 22.0. The van der Waals surface area contributed by atoms with E-state index >= 15 is 0 Å². The van der Waals surface area contributed by atoms with E-state index < -0.39 is 0 Å². The Kier molecular flexibility index (Phi) is 5.81. The van der Waals surface area contributed by atoms with E-state index in [9.17, 15) is 4.79 Å². The van der Waals surface area contributed by atoms with Crippen LogP contribution in [0.1, 0.15) is 33.3 Å². The minimum atomic E-state index is -0.114. The van der Waals surface area contributed by atoms with Crippen molar-refractivity contribution in [3.05, 3.63) is 72.5 Å². The van der Waals surface area contributed by atoms with Gasteiger partial charge in [-0.2, -0.15) is 0 Å². The third-order valence-electron chi connectivity index (χ3n) is 5.24. The van der Waals surface area contributed by atoms with Gasteiger partial charge in [0.1, 0.15) is 11.3 Å². The van der Waals surface area contributed by atoms with Crippen LogP contribution < -0.4 is 10.1 Å². The highest BCUT2D eigenvalue weighted by atomic mass is 16.5. The summed E-state index contributed by atoms with van der Waals surface area (Å²) in [5.41, 5.74) is 4.59. The summed E-state index contributed by atoms with van der Waals surface area (Å²) in [6.45, 7) is 8.29. The number of ether oxygens (including phenoxy) is 1. The highest BCUT2D eigenvalue weighted by Crippen LogP contribution is 2.38. The average Bonchev–Trinajstić information content (AvgIpc) is 3.15. The molecule has 3 aromatic carbocycles. The van der Waals surface area contributed by atoms with E-state index in [0.29, 0.717) is 12.4 Å². The van der Waals surface area contributed by atoms with Crippen LogP contribution in [-0.2, 0) is 4.79 Å². The molecule has 0 bridgehead atoms. The van der Waals surface area contributed by atoms with Crippen LogP contribution in [0.25, 0.3) is 38.4 Å². The molecule has 0 saturated heterocycles. The molecule has 4 rings (SSSR count). The van der Waals surface area contributed by atoms with Gasteiger partial charge in [-0.1, -0.05) is 36.4 Å². The van der Waals surface area contributed by atoms with E-state index in [1.165, 1.54) is 10.8 Å². The van der Waals surface area contributed by atoms with E-state index in [4.69, 9.17) is 9.15 Å². The van der Waals surface area contributed by atoms with E-state index in [0.717, 1.165) is 33.2 Å². The third-order valence-corrected chi connectivity index (χ3v) is 5.24. The molecule has 0 aliphatic rings. The van der Waals surface area contributed by atoms with Gasteiger partial charge in [0, 0.05) is 34.7 Å². The second-order valence-corrected chi connectivity index (χ2v) is 7.98. The van der Waals surface area contributed by atoms with Gasteiger partial charge in [-0.05, 0) is 61.7 Å². The standard InChI is InChI=1S/C27H27NO3/c1-5-30-25-15-26-23(14-22(25)18(4)12-27(29)28-17(2)3)24(16-31-26)21-11-10-19-8-6-7-9-20(19)13-21/h6-17H,5H2,1-4H3,(H,28,29)/b18-12+. The van der Waals surface area contributed by atoms with Crippen molar-refractivity contribution in [2.24, 2.45) is 0 Å². The van der Waals surface area contributed by atoms with Crippen molar-refractivity contribution < 1.29 is 13.9 Å². The zero-order valence-electron chi connectivity index (χ0n) is 18.4. The van der Waals surface area contributed by atoms with Crippen molar-refractivity contribution in [1.29, 1.82) is 0 Å². The van der Waals surface area contributed by atoms with Crippen LogP contribution in [0, 0.1) is 0 Å². The van der Waals surface area contributed by atoms with Crippen LogP contribution >= 0.6 is 0 Å². The summed E-state index contributed by atoms with van der Waals surface area (Å²) in [6, 6.07) is 18.8. The summed E-state index contributed by atoms with van der Waals surface area (Å²) in [7, 11) is 0. The lowest BCUT2D eigenvalue weighted by molar-refractivity contribution is -0.116. The van der Waals surface area contributed by atoms with E-state index in [1.54, 1.807) is 12.3 Å². The fourth-order valence-electron chi connectivity index (χ4n) is 3.82. The van der Waals surface area contributed by atoms with E-state index in [2.05, 4.69) is 41.7 Å². The SMILES string of the molecule is CCOc1cc2occ(-c3ccc4ccccc4c3)c2cc1/C(C)=C/C(=O)NC(C)C. The Morgan fingerprint density at radius 1 is 1.10 bits per heavy atom. The Hall–Kier alpha value is -3.53. The van der Waals surface area contributed by atoms with Crippen LogP contribution in [0.2, 0.25) is 0 Å². The van der Waals surface area contributed by atoms with Gasteiger partial charge in [-0.15, -0.1) is 0 Å². The summed E-state index contributed by atoms with van der Waals surface area (Å²) in [4.78, 5) is 12.3. The number of amides is 1. The van der Waals surface area contributed by atoms with Crippen molar-refractivity contribution >= 4 is 33.2 Å². The highest BCUT2D eigenvalue weighted by molar-refractivity contribution is 6.01. The van der Waals surface area contributed by atoms with Crippen molar-refractivity contribution in [2.45, 2.75) is 33.7 Å². The highest BCUT2D eigenvalue weighted by Gasteiger charge is 2.15. The minimum absolute atomic E-state index is 0.0822. The third kappa shape index (κ3) is 4.33. The van der Waals surface area contributed by atoms with Gasteiger partial charge >= 0.3 is 0 Å². The van der Waals surface area contributed by atoms with Crippen molar-refractivity contribution in [1.82, 2.24) is 5.32 Å². The molecule has 0 fully saturated rings. The molecule has 1 heterocycles. The molecule has 1 N–H and O–H groups in total. The summed E-state index contributed by atoms with van der Waals surface area (Å²) < 4.78 is 11.8. The Morgan fingerprint density at radius 3 is 2.61 bits per heavy atom. The summed E-state index contributed by atoms with van der Waals surface area (Å²) in [6.07, 6.45) is 3.41. The molecule has 4 aromatic rings. The zero-order valence-corrected chi connectivity index (χ0v) is 18.4. The molecule has 0 radical (unpaired) electrons. The first-order valence-corrected chi connectivity index (χ1v) is 10.6. The molecular weight excluding hydrogens is 386 g/mol. The van der Waals surface area contributed by atoms with Crippen molar-refractivity contribution in [3.8, 4) is 16.9 Å². The van der Waals surface area contributed by atoms with Crippen LogP contribution in [0.15, 0.2) is 71.4 Å². The summed E-state index contributed by atoms with van der Waals surface area (Å²) >= 11 is 0. The average molecular weight is 414 g/mol. The fourth-order valence-corrected chi connectivity index (χ4v) is 3.82. The maximum atomic E-state index is 12.3. The summed E-state index contributed by atoms with van der Waals surface area (Å²) in [5.74, 6) is 0.595. The van der Waals surface area contributed by atoms with Gasteiger partial charge in [-0.25, -0.2) is 0 Å². The molecule has 31 heavy (non-hydrogen) atoms. The molecular formula is C27H27NO3. The lowest BCUT2D eigenvalue weighted by atomic mass is 9.97. The minimum Gasteiger partial charge on any atom is -0.493 e. The molecule has 1 amide bonds. The molecule has 0 aliphatic heterocycles. The molecule has 0 saturated carbocycles. The van der Waals surface area contributed by atoms with E-state index in [-0.39, 0.29) is 11.9 Å². The van der Waals surface area contributed by atoms with Gasteiger partial charge < -0.3 is 14.5 Å². The maximum Gasteiger partial charge on any atom is 0.244 e. The molecule has 0 unspecified atom stereocenters. The lowest BCUT2D eigenvalue weighted by Crippen LogP contribution is -2.28. The van der Waals surface area contributed by atoms with Gasteiger partial charge in [-0.3, -0.25) is 4.79 Å². The predicted octanol–water partition coefficient (Wildman–Crippen LogP) is 6.58. The normalized spacial score (nSPS) is 12.0. The van der Waals surface area contributed by atoms with Crippen LogP contribution in [0.3, 0.4) is 0 Å². The molecule has 158 valence electrons. The van der Waals surface area contributed by atoms with Gasteiger partial charge in [0.05, 0.1) is 12.9 Å². The van der Waals surface area contributed by atoms with Gasteiger partial charge in [0.15, 0.2) is 0 Å². The number of fused-ring (bicyclic) bond motifs is 2. The Balaban J connectivity index is 1.83. The van der Waals surface area contributed by atoms with E-state index in [1.807, 2.05) is 45.9 Å². The first-order chi connectivity index (χ1) is 15.0. The maximum absolute atomic E-state index is 12.3. The molecule has 4 nitrogen and oxygen atoms in total. The van der Waals surface area contributed by atoms with Crippen molar-refractivity contribution in [3.63, 3.8) is 0 Å². The number of carbonyl (C=O) groups excluding carboxylic acids is 1. The lowest BCUT2D eigenvalue weighted by Gasteiger charge is -2.12. The topological polar surface area (TPSA) is 51.5 Å². The quantitative estimate of drug-likeness (QED) is 0.363. The van der Waals surface area contributed by atoms with Crippen LogP contribution in [0.4, 0.5) is 0 Å². The van der Waals surface area contributed by atoms with Gasteiger partial charge in [0.2, 0.25) is 5.91 Å². The number of rotatable bonds is 6. The largest absolute Gasteiger partial charge is 0.493 e. The molecule has 0 spiro atoms. The Labute approximate surface area is 182 Å². The molecule has 1 aromatic heterocycles. The number of furan rings is 1. The predicted molar refractivity (Wildman–Crippen MR) is 127 cm³/mol. The van der Waals surface area contributed by atoms with Crippen molar-refractivity contribution in [2.75, 3.05) is 6.61 Å². The first kappa shape index (κ1) is 20.7. The van der Waals surface area contributed by atoms with Crippen LogP contribution in [-0.4, -0.2) is 18.6 Å². The number of nitrogens with one attached hydrogen (secondary N) is 1. The second-order valence-electron chi connectivity index (χ2n) is 7.98. The molecule has 4 heteroatoms. The molecule has 0 atom stereocenters. The Bertz CT molecular complexity index is 1280. The second kappa shape index (κ2) is 8.68. The smallest absolute Gasteiger partial charge is 0.244 e. The number of allylic oxidation sites excluding steroid dienone is 1. The van der Waals surface area contributed by atoms with Crippen LogP contribution in [0.5, 0.6) is 5.75 Å². The summed E-state index contributed by atoms with van der Waals surface area (Å²) in [5, 5.41) is 6.28. The first-order valence-electron chi connectivity index (χ1n) is 10.6. The number of hydrogen-bond donors (Lipinski definition) is 1. The molecule has 0 aliphatic carbocycles. The Morgan fingerprint density at radius 2 is 1.87 bits per heavy atom. The fraction of sp³-hybridized carbons (Fsp3) is 0.222. The number of hydrogen-bond acceptors (Lipinski definition) is 3. The number of benzene rings is 3. The number of carbonyl (C=O) groups is 1. The van der Waals surface area contributed by atoms with Gasteiger partial charge in [0.25, 0.3) is 0 Å².